The van der Waals surface area contributed by atoms with E-state index >= 15 is 0 Å². The summed E-state index contributed by atoms with van der Waals surface area (Å²) in [6.07, 6.45) is 8.17. The largest absolute Gasteiger partial charge is 0.349 e. The molecule has 2 saturated carbocycles. The predicted octanol–water partition coefficient (Wildman–Crippen LogP) is 7.11. The maximum atomic E-state index is 13.5. The van der Waals surface area contributed by atoms with E-state index in [4.69, 9.17) is 23.2 Å². The number of hydrogen-bond acceptors (Lipinski definition) is 8. The number of anilines is 2. The van der Waals surface area contributed by atoms with Gasteiger partial charge in [-0.2, -0.15) is 27.0 Å². The van der Waals surface area contributed by atoms with Gasteiger partial charge in [0.2, 0.25) is 0 Å². The average molecular weight is 904 g/mol. The second-order valence-electron chi connectivity index (χ2n) is 14.9. The molecule has 0 aliphatic heterocycles. The molecule has 14 nitrogen and oxygen atoms in total. The van der Waals surface area contributed by atoms with Crippen molar-refractivity contribution in [3.63, 3.8) is 0 Å². The lowest BCUT2D eigenvalue weighted by molar-refractivity contribution is 0.0915. The van der Waals surface area contributed by atoms with Crippen LogP contribution in [0.15, 0.2) is 132 Å². The third kappa shape index (κ3) is 10.8. The van der Waals surface area contributed by atoms with E-state index in [0.717, 1.165) is 43.2 Å². The zero-order chi connectivity index (χ0) is 43.3. The topological polar surface area (TPSA) is 169 Å². The molecule has 0 radical (unpaired) electrons. The number of nitrogens with one attached hydrogen (secondary N) is 2. The third-order valence-corrected chi connectivity index (χ3v) is 13.9. The van der Waals surface area contributed by atoms with Crippen LogP contribution in [0.4, 0.5) is 11.4 Å². The Labute approximate surface area is 365 Å². The number of benzene rings is 4. The van der Waals surface area contributed by atoms with E-state index in [-0.39, 0.29) is 47.0 Å². The Bertz CT molecular complexity index is 2730. The van der Waals surface area contributed by atoms with Gasteiger partial charge in [-0.15, -0.1) is 0 Å². The normalized spacial score (nSPS) is 14.0. The fourth-order valence-electron chi connectivity index (χ4n) is 6.35. The van der Waals surface area contributed by atoms with E-state index < -0.39 is 20.0 Å². The zero-order valence-electron chi connectivity index (χ0n) is 33.4. The average Bonchev–Trinajstić information content (AvgIpc) is 3.74. The number of nitrogens with zero attached hydrogens (tertiary/aromatic N) is 6. The minimum Gasteiger partial charge on any atom is -0.349 e. The molecule has 0 unspecified atom stereocenters. The van der Waals surface area contributed by atoms with Gasteiger partial charge in [-0.25, -0.2) is 0 Å². The molecular weight excluding hydrogens is 860 g/mol. The van der Waals surface area contributed by atoms with Crippen LogP contribution in [0.1, 0.15) is 63.9 Å². The molecule has 2 aliphatic rings. The molecule has 2 fully saturated rings. The van der Waals surface area contributed by atoms with Crippen molar-refractivity contribution in [3.8, 4) is 0 Å². The van der Waals surface area contributed by atoms with Crippen molar-refractivity contribution in [1.29, 1.82) is 0 Å². The maximum Gasteiger partial charge on any atom is 0.283 e. The molecule has 0 saturated heterocycles. The number of halogens is 2. The number of carbonyl (C=O) groups excluding carboxylic acids is 2. The first-order chi connectivity index (χ1) is 29.1. The SMILES string of the molecule is Cn1ccc(S(=O)(=O)N(Cc2ccc(Cl)cc2)c2cccc(C(=O)NC3CC3)c2)n1.Cn1ccc(S(=O)(=O)N(Cc2ccc(Cl)cc2)c2cccc(C(=O)NC3CCC3)c2)n1. The molecule has 2 aromatic heterocycles. The van der Waals surface area contributed by atoms with Gasteiger partial charge in [-0.3, -0.25) is 27.6 Å². The van der Waals surface area contributed by atoms with Gasteiger partial charge < -0.3 is 10.6 Å². The van der Waals surface area contributed by atoms with Crippen LogP contribution in [-0.2, 0) is 47.2 Å². The lowest BCUT2D eigenvalue weighted by atomic mass is 9.93. The lowest BCUT2D eigenvalue weighted by Gasteiger charge is -2.27. The summed E-state index contributed by atoms with van der Waals surface area (Å²) >= 11 is 11.9. The van der Waals surface area contributed by atoms with Gasteiger partial charge in [-0.1, -0.05) is 59.6 Å². The van der Waals surface area contributed by atoms with Crippen LogP contribution < -0.4 is 19.2 Å². The molecule has 18 heteroatoms. The van der Waals surface area contributed by atoms with E-state index in [9.17, 15) is 26.4 Å². The minimum absolute atomic E-state index is 0.0618. The molecule has 4 aromatic carbocycles. The van der Waals surface area contributed by atoms with Crippen LogP contribution >= 0.6 is 23.2 Å². The van der Waals surface area contributed by atoms with Crippen molar-refractivity contribution >= 4 is 66.4 Å². The fourth-order valence-corrected chi connectivity index (χ4v) is 9.41. The van der Waals surface area contributed by atoms with Gasteiger partial charge in [0.25, 0.3) is 31.9 Å². The first kappa shape index (κ1) is 43.4. The second-order valence-corrected chi connectivity index (χ2v) is 19.4. The molecule has 318 valence electrons. The Balaban J connectivity index is 0.000000184. The molecule has 61 heavy (non-hydrogen) atoms. The van der Waals surface area contributed by atoms with E-state index in [1.807, 2.05) is 0 Å². The molecule has 2 aliphatic carbocycles. The highest BCUT2D eigenvalue weighted by molar-refractivity contribution is 7.93. The molecule has 2 amide bonds. The third-order valence-electron chi connectivity index (χ3n) is 10.1. The van der Waals surface area contributed by atoms with E-state index in [2.05, 4.69) is 20.8 Å². The molecule has 2 N–H and O–H groups in total. The van der Waals surface area contributed by atoms with Crippen LogP contribution in [0, 0.1) is 0 Å². The number of rotatable bonds is 14. The van der Waals surface area contributed by atoms with Crippen LogP contribution in [-0.4, -0.2) is 60.3 Å². The van der Waals surface area contributed by atoms with E-state index in [0.29, 0.717) is 32.5 Å². The maximum absolute atomic E-state index is 13.5. The number of aryl methyl sites for hydroxylation is 2. The molecule has 0 bridgehead atoms. The Hall–Kier alpha value is -5.68. The summed E-state index contributed by atoms with van der Waals surface area (Å²) in [5.74, 6) is -0.408. The Morgan fingerprint density at radius 3 is 1.33 bits per heavy atom. The van der Waals surface area contributed by atoms with Crippen molar-refractivity contribution in [3.05, 3.63) is 154 Å². The van der Waals surface area contributed by atoms with Gasteiger partial charge in [0.15, 0.2) is 10.1 Å². The van der Waals surface area contributed by atoms with E-state index in [1.165, 1.54) is 30.1 Å². The van der Waals surface area contributed by atoms with Gasteiger partial charge in [-0.05, 0) is 116 Å². The molecule has 0 spiro atoms. The molecule has 2 heterocycles. The predicted molar refractivity (Wildman–Crippen MR) is 235 cm³/mol. The summed E-state index contributed by atoms with van der Waals surface area (Å²) in [6.45, 7) is 0.146. The molecule has 8 rings (SSSR count). The number of carbonyl (C=O) groups is 2. The zero-order valence-corrected chi connectivity index (χ0v) is 36.5. The van der Waals surface area contributed by atoms with Crippen molar-refractivity contribution in [2.45, 2.75) is 67.3 Å². The smallest absolute Gasteiger partial charge is 0.283 e. The Kier molecular flexibility index (Phi) is 13.2. The molecular formula is C43H44Cl2N8O6S2. The Morgan fingerprint density at radius 1 is 0.607 bits per heavy atom. The quantitative estimate of drug-likeness (QED) is 0.117. The highest BCUT2D eigenvalue weighted by Crippen LogP contribution is 2.29. The number of sulfonamides is 2. The summed E-state index contributed by atoms with van der Waals surface area (Å²) in [7, 11) is -4.60. The summed E-state index contributed by atoms with van der Waals surface area (Å²) < 4.78 is 59.1. The number of aromatic nitrogens is 4. The standard InChI is InChI=1S/C22H23ClN4O3S.C21H21ClN4O3S/c1-26-13-12-21(25-26)31(29,30)27(15-16-8-10-18(23)11-9-16)20-7-2-4-17(14-20)22(28)24-19-5-3-6-19;1-25-12-11-20(24-25)30(28,29)26(14-15-5-7-17(22)8-6-15)19-4-2-3-16(13-19)21(27)23-18-9-10-18/h2,4,7-14,19H,3,5-6,15H2,1H3,(H,24,28);2-8,11-13,18H,9-10,14H2,1H3,(H,23,27). The lowest BCUT2D eigenvalue weighted by Crippen LogP contribution is -2.39. The highest BCUT2D eigenvalue weighted by Gasteiger charge is 2.31. The van der Waals surface area contributed by atoms with Gasteiger partial charge in [0.1, 0.15) is 0 Å². The van der Waals surface area contributed by atoms with Gasteiger partial charge >= 0.3 is 0 Å². The van der Waals surface area contributed by atoms with Crippen molar-refractivity contribution < 1.29 is 26.4 Å². The van der Waals surface area contributed by atoms with Crippen molar-refractivity contribution in [2.75, 3.05) is 8.61 Å². The first-order valence-corrected chi connectivity index (χ1v) is 23.1. The van der Waals surface area contributed by atoms with Gasteiger partial charge in [0.05, 0.1) is 24.5 Å². The summed E-state index contributed by atoms with van der Waals surface area (Å²) in [5.41, 5.74) is 3.12. The van der Waals surface area contributed by atoms with E-state index in [1.54, 1.807) is 124 Å². The fraction of sp³-hybridized carbons (Fsp3) is 0.256. The Morgan fingerprint density at radius 2 is 1.00 bits per heavy atom. The van der Waals surface area contributed by atoms with Gasteiger partial charge in [0, 0.05) is 59.7 Å². The highest BCUT2D eigenvalue weighted by atomic mass is 35.5. The number of hydrogen-bond donors (Lipinski definition) is 2. The van der Waals surface area contributed by atoms with Crippen molar-refractivity contribution in [2.24, 2.45) is 14.1 Å². The monoisotopic (exact) mass is 902 g/mol. The molecule has 0 atom stereocenters. The minimum atomic E-state index is -3.96. The first-order valence-electron chi connectivity index (χ1n) is 19.5. The summed E-state index contributed by atoms with van der Waals surface area (Å²) in [5, 5.41) is 15.1. The summed E-state index contributed by atoms with van der Waals surface area (Å²) in [4.78, 5) is 25.1. The van der Waals surface area contributed by atoms with Crippen LogP contribution in [0.2, 0.25) is 10.0 Å². The molecule has 6 aromatic rings. The van der Waals surface area contributed by atoms with Crippen molar-refractivity contribution in [1.82, 2.24) is 30.2 Å². The second kappa shape index (κ2) is 18.5. The van der Waals surface area contributed by atoms with Crippen LogP contribution in [0.5, 0.6) is 0 Å². The van der Waals surface area contributed by atoms with Crippen LogP contribution in [0.3, 0.4) is 0 Å². The summed E-state index contributed by atoms with van der Waals surface area (Å²) in [6, 6.07) is 30.5. The van der Waals surface area contributed by atoms with Crippen LogP contribution in [0.25, 0.3) is 0 Å². The number of amides is 2.